The lowest BCUT2D eigenvalue weighted by atomic mass is 9.78. The van der Waals surface area contributed by atoms with Crippen molar-refractivity contribution in [2.75, 3.05) is 32.7 Å². The lowest BCUT2D eigenvalue weighted by Gasteiger charge is -2.42. The van der Waals surface area contributed by atoms with Gasteiger partial charge in [0.15, 0.2) is 0 Å². The third-order valence-corrected chi connectivity index (χ3v) is 7.59. The van der Waals surface area contributed by atoms with E-state index in [4.69, 9.17) is 0 Å². The van der Waals surface area contributed by atoms with E-state index in [1.165, 1.54) is 71.0 Å². The molecular formula is C21H33N3OS. The first-order chi connectivity index (χ1) is 12.6. The van der Waals surface area contributed by atoms with E-state index in [0.717, 1.165) is 29.7 Å². The van der Waals surface area contributed by atoms with Gasteiger partial charge in [-0.05, 0) is 51.5 Å². The summed E-state index contributed by atoms with van der Waals surface area (Å²) in [4.78, 5) is 22.0. The first-order valence-corrected chi connectivity index (χ1v) is 11.4. The summed E-state index contributed by atoms with van der Waals surface area (Å²) in [7, 11) is 0. The highest BCUT2D eigenvalue weighted by Gasteiger charge is 2.42. The highest BCUT2D eigenvalue weighted by molar-refractivity contribution is 7.09. The van der Waals surface area contributed by atoms with Crippen molar-refractivity contribution in [1.82, 2.24) is 14.8 Å². The second-order valence-corrected chi connectivity index (χ2v) is 10.0. The number of hydrogen-bond donors (Lipinski definition) is 0. The molecule has 0 aromatic carbocycles. The van der Waals surface area contributed by atoms with Crippen molar-refractivity contribution in [2.24, 2.45) is 11.3 Å². The number of rotatable bonds is 4. The Balaban J connectivity index is 1.31. The molecule has 2 saturated heterocycles. The van der Waals surface area contributed by atoms with Gasteiger partial charge in [0.05, 0.1) is 17.1 Å². The summed E-state index contributed by atoms with van der Waals surface area (Å²) in [6, 6.07) is 0. The SMILES string of the molecule is Cc1nc(CC(=O)N2CC[C@]3(CCCN(CC4CCCCC4)C3)C2)cs1. The van der Waals surface area contributed by atoms with E-state index in [-0.39, 0.29) is 5.91 Å². The van der Waals surface area contributed by atoms with Crippen molar-refractivity contribution in [3.63, 3.8) is 0 Å². The summed E-state index contributed by atoms with van der Waals surface area (Å²) in [5.74, 6) is 1.20. The van der Waals surface area contributed by atoms with Crippen LogP contribution in [-0.2, 0) is 11.2 Å². The lowest BCUT2D eigenvalue weighted by Crippen LogP contribution is -2.47. The van der Waals surface area contributed by atoms with Crippen LogP contribution in [0.15, 0.2) is 5.38 Å². The van der Waals surface area contributed by atoms with E-state index in [2.05, 4.69) is 14.8 Å². The highest BCUT2D eigenvalue weighted by atomic mass is 32.1. The molecule has 2 aliphatic heterocycles. The Bertz CT molecular complexity index is 625. The van der Waals surface area contributed by atoms with Crippen LogP contribution in [0.5, 0.6) is 0 Å². The Morgan fingerprint density at radius 3 is 2.81 bits per heavy atom. The van der Waals surface area contributed by atoms with Gasteiger partial charge >= 0.3 is 0 Å². The van der Waals surface area contributed by atoms with E-state index in [1.807, 2.05) is 12.3 Å². The summed E-state index contributed by atoms with van der Waals surface area (Å²) in [5.41, 5.74) is 1.31. The molecule has 1 amide bonds. The molecule has 0 bridgehead atoms. The predicted molar refractivity (Wildman–Crippen MR) is 106 cm³/mol. The largest absolute Gasteiger partial charge is 0.342 e. The molecule has 3 heterocycles. The van der Waals surface area contributed by atoms with Gasteiger partial charge in [0.1, 0.15) is 0 Å². The fourth-order valence-electron chi connectivity index (χ4n) is 5.44. The minimum Gasteiger partial charge on any atom is -0.342 e. The van der Waals surface area contributed by atoms with Crippen LogP contribution in [0.4, 0.5) is 0 Å². The van der Waals surface area contributed by atoms with E-state index in [1.54, 1.807) is 11.3 Å². The Morgan fingerprint density at radius 2 is 2.04 bits per heavy atom. The molecular weight excluding hydrogens is 342 g/mol. The molecule has 1 aliphatic carbocycles. The highest BCUT2D eigenvalue weighted by Crippen LogP contribution is 2.40. The second-order valence-electron chi connectivity index (χ2n) is 8.94. The fourth-order valence-corrected chi connectivity index (χ4v) is 6.05. The normalized spacial score (nSPS) is 28.1. The molecule has 4 rings (SSSR count). The third-order valence-electron chi connectivity index (χ3n) is 6.77. The zero-order chi connectivity index (χ0) is 18.0. The number of nitrogens with zero attached hydrogens (tertiary/aromatic N) is 3. The number of hydrogen-bond acceptors (Lipinski definition) is 4. The molecule has 0 N–H and O–H groups in total. The molecule has 1 atom stereocenters. The van der Waals surface area contributed by atoms with Crippen LogP contribution < -0.4 is 0 Å². The predicted octanol–water partition coefficient (Wildman–Crippen LogP) is 3.89. The third kappa shape index (κ3) is 4.30. The van der Waals surface area contributed by atoms with Crippen LogP contribution in [0.25, 0.3) is 0 Å². The number of carbonyl (C=O) groups is 1. The van der Waals surface area contributed by atoms with Crippen molar-refractivity contribution < 1.29 is 4.79 Å². The molecule has 4 nitrogen and oxygen atoms in total. The Kier molecular flexibility index (Phi) is 5.65. The number of aryl methyl sites for hydroxylation is 1. The number of likely N-dealkylation sites (tertiary alicyclic amines) is 2. The fraction of sp³-hybridized carbons (Fsp3) is 0.810. The van der Waals surface area contributed by atoms with Gasteiger partial charge in [-0.3, -0.25) is 4.79 Å². The molecule has 1 aromatic rings. The number of aromatic nitrogens is 1. The number of piperidine rings is 1. The molecule has 26 heavy (non-hydrogen) atoms. The Hall–Kier alpha value is -0.940. The van der Waals surface area contributed by atoms with Gasteiger partial charge < -0.3 is 9.80 Å². The minimum absolute atomic E-state index is 0.275. The van der Waals surface area contributed by atoms with Crippen LogP contribution in [0.3, 0.4) is 0 Å². The van der Waals surface area contributed by atoms with E-state index < -0.39 is 0 Å². The molecule has 3 aliphatic rings. The van der Waals surface area contributed by atoms with Crippen LogP contribution in [0.1, 0.15) is 62.1 Å². The molecule has 1 spiro atoms. The van der Waals surface area contributed by atoms with Crippen LogP contribution >= 0.6 is 11.3 Å². The first-order valence-electron chi connectivity index (χ1n) is 10.5. The van der Waals surface area contributed by atoms with Crippen molar-refractivity contribution in [3.8, 4) is 0 Å². The van der Waals surface area contributed by atoms with E-state index in [9.17, 15) is 4.79 Å². The van der Waals surface area contributed by atoms with Crippen LogP contribution in [0.2, 0.25) is 0 Å². The molecule has 0 radical (unpaired) electrons. The average molecular weight is 376 g/mol. The van der Waals surface area contributed by atoms with E-state index in [0.29, 0.717) is 11.8 Å². The zero-order valence-electron chi connectivity index (χ0n) is 16.2. The van der Waals surface area contributed by atoms with Crippen LogP contribution in [0, 0.1) is 18.3 Å². The molecule has 5 heteroatoms. The number of thiazole rings is 1. The summed E-state index contributed by atoms with van der Waals surface area (Å²) >= 11 is 1.64. The lowest BCUT2D eigenvalue weighted by molar-refractivity contribution is -0.130. The summed E-state index contributed by atoms with van der Waals surface area (Å²) < 4.78 is 0. The standard InChI is InChI=1S/C21H33N3OS/c1-17-22-19(14-26-17)12-20(25)24-11-9-21(16-24)8-5-10-23(15-21)13-18-6-3-2-4-7-18/h14,18H,2-13,15-16H2,1H3/t21-/m0/s1. The molecule has 0 unspecified atom stereocenters. The number of amides is 1. The van der Waals surface area contributed by atoms with Gasteiger partial charge in [-0.15, -0.1) is 11.3 Å². The molecule has 1 aromatic heterocycles. The van der Waals surface area contributed by atoms with Crippen molar-refractivity contribution in [2.45, 2.75) is 64.7 Å². The van der Waals surface area contributed by atoms with Gasteiger partial charge in [-0.25, -0.2) is 4.98 Å². The Morgan fingerprint density at radius 1 is 1.19 bits per heavy atom. The second kappa shape index (κ2) is 7.97. The first kappa shape index (κ1) is 18.4. The quantitative estimate of drug-likeness (QED) is 0.801. The smallest absolute Gasteiger partial charge is 0.228 e. The Labute approximate surface area is 162 Å². The topological polar surface area (TPSA) is 36.4 Å². The number of carbonyl (C=O) groups excluding carboxylic acids is 1. The van der Waals surface area contributed by atoms with Gasteiger partial charge in [0, 0.05) is 37.0 Å². The van der Waals surface area contributed by atoms with Crippen molar-refractivity contribution >= 4 is 17.2 Å². The van der Waals surface area contributed by atoms with Crippen molar-refractivity contribution in [1.29, 1.82) is 0 Å². The van der Waals surface area contributed by atoms with Gasteiger partial charge in [0.25, 0.3) is 0 Å². The van der Waals surface area contributed by atoms with Crippen LogP contribution in [-0.4, -0.2) is 53.4 Å². The van der Waals surface area contributed by atoms with Crippen molar-refractivity contribution in [3.05, 3.63) is 16.1 Å². The monoisotopic (exact) mass is 375 g/mol. The van der Waals surface area contributed by atoms with E-state index >= 15 is 0 Å². The van der Waals surface area contributed by atoms with Gasteiger partial charge in [0.2, 0.25) is 5.91 Å². The molecule has 3 fully saturated rings. The van der Waals surface area contributed by atoms with Gasteiger partial charge in [-0.1, -0.05) is 19.3 Å². The average Bonchev–Trinajstić information content (AvgIpc) is 3.22. The molecule has 144 valence electrons. The molecule has 1 saturated carbocycles. The van der Waals surface area contributed by atoms with Gasteiger partial charge in [-0.2, -0.15) is 0 Å². The zero-order valence-corrected chi connectivity index (χ0v) is 17.0. The summed E-state index contributed by atoms with van der Waals surface area (Å²) in [6.07, 6.45) is 11.4. The summed E-state index contributed by atoms with van der Waals surface area (Å²) in [6.45, 7) is 7.70. The maximum Gasteiger partial charge on any atom is 0.228 e. The maximum absolute atomic E-state index is 12.7. The maximum atomic E-state index is 12.7. The minimum atomic E-state index is 0.275. The summed E-state index contributed by atoms with van der Waals surface area (Å²) in [5, 5.41) is 3.09.